The first-order valence-corrected chi connectivity index (χ1v) is 6.26. The smallest absolute Gasteiger partial charge is 0.316 e. The van der Waals surface area contributed by atoms with Crippen LogP contribution in [0.2, 0.25) is 0 Å². The molecule has 6 heteroatoms. The third-order valence-electron chi connectivity index (χ3n) is 1.51. The SMILES string of the molecule is C[C@@H](OC(=O)CBr)[C@@H](C)OC(=O)CBr. The molecule has 0 aliphatic heterocycles. The summed E-state index contributed by atoms with van der Waals surface area (Å²) in [7, 11) is 0. The van der Waals surface area contributed by atoms with Crippen LogP contribution in [0.5, 0.6) is 0 Å². The Hall–Kier alpha value is -0.100. The van der Waals surface area contributed by atoms with Crippen molar-refractivity contribution in [1.29, 1.82) is 0 Å². The van der Waals surface area contributed by atoms with Gasteiger partial charge in [-0.2, -0.15) is 0 Å². The summed E-state index contributed by atoms with van der Waals surface area (Å²) >= 11 is 5.93. The first-order chi connectivity index (χ1) is 6.51. The molecule has 82 valence electrons. The zero-order valence-electron chi connectivity index (χ0n) is 7.96. The molecule has 0 aromatic carbocycles. The van der Waals surface area contributed by atoms with E-state index in [1.54, 1.807) is 13.8 Å². The second-order valence-electron chi connectivity index (χ2n) is 2.66. The number of hydrogen-bond donors (Lipinski definition) is 0. The Balaban J connectivity index is 3.92. The average Bonchev–Trinajstić information content (AvgIpc) is 2.17. The van der Waals surface area contributed by atoms with Crippen LogP contribution in [-0.2, 0) is 19.1 Å². The van der Waals surface area contributed by atoms with Gasteiger partial charge in [-0.05, 0) is 13.8 Å². The maximum absolute atomic E-state index is 10.9. The number of ether oxygens (including phenoxy) is 2. The molecular weight excluding hydrogens is 320 g/mol. The molecule has 0 radical (unpaired) electrons. The summed E-state index contributed by atoms with van der Waals surface area (Å²) in [5, 5.41) is 0.271. The number of carbonyl (C=O) groups excluding carboxylic acids is 2. The first kappa shape index (κ1) is 13.9. The molecule has 0 rings (SSSR count). The van der Waals surface area contributed by atoms with E-state index in [1.165, 1.54) is 0 Å². The molecule has 0 fully saturated rings. The van der Waals surface area contributed by atoms with E-state index in [0.717, 1.165) is 0 Å². The Labute approximate surface area is 99.6 Å². The highest BCUT2D eigenvalue weighted by molar-refractivity contribution is 9.09. The predicted molar refractivity (Wildman–Crippen MR) is 58.7 cm³/mol. The van der Waals surface area contributed by atoms with Crippen molar-refractivity contribution >= 4 is 43.8 Å². The van der Waals surface area contributed by atoms with Crippen molar-refractivity contribution in [3.8, 4) is 0 Å². The molecule has 4 nitrogen and oxygen atoms in total. The van der Waals surface area contributed by atoms with Crippen molar-refractivity contribution in [3.63, 3.8) is 0 Å². The van der Waals surface area contributed by atoms with E-state index in [2.05, 4.69) is 31.9 Å². The lowest BCUT2D eigenvalue weighted by atomic mass is 10.2. The number of alkyl halides is 2. The lowest BCUT2D eigenvalue weighted by molar-refractivity contribution is -0.161. The van der Waals surface area contributed by atoms with Crippen LogP contribution in [0.4, 0.5) is 0 Å². The maximum atomic E-state index is 10.9. The van der Waals surface area contributed by atoms with Crippen LogP contribution >= 0.6 is 31.9 Å². The number of rotatable bonds is 5. The highest BCUT2D eigenvalue weighted by atomic mass is 79.9. The van der Waals surface area contributed by atoms with E-state index in [4.69, 9.17) is 9.47 Å². The molecule has 0 N–H and O–H groups in total. The molecule has 2 atom stereocenters. The van der Waals surface area contributed by atoms with Gasteiger partial charge in [0.25, 0.3) is 0 Å². The van der Waals surface area contributed by atoms with Gasteiger partial charge in [-0.1, -0.05) is 31.9 Å². The molecular formula is C8H12Br2O4. The summed E-state index contributed by atoms with van der Waals surface area (Å²) < 4.78 is 9.86. The van der Waals surface area contributed by atoms with Crippen LogP contribution < -0.4 is 0 Å². The largest absolute Gasteiger partial charge is 0.458 e. The van der Waals surface area contributed by atoms with Gasteiger partial charge in [0.05, 0.1) is 0 Å². The fourth-order valence-electron chi connectivity index (χ4n) is 0.669. The normalized spacial score (nSPS) is 14.3. The summed E-state index contributed by atoms with van der Waals surface area (Å²) in [5.41, 5.74) is 0. The Bertz CT molecular complexity index is 186. The highest BCUT2D eigenvalue weighted by Crippen LogP contribution is 2.05. The molecule has 0 saturated carbocycles. The number of halogens is 2. The Morgan fingerprint density at radius 2 is 1.29 bits per heavy atom. The molecule has 0 saturated heterocycles. The van der Waals surface area contributed by atoms with Crippen molar-refractivity contribution < 1.29 is 19.1 Å². The standard InChI is InChI=1S/C8H12Br2O4/c1-5(13-7(11)3-9)6(2)14-8(12)4-10/h5-6H,3-4H2,1-2H3/t5-,6-/m1/s1. The van der Waals surface area contributed by atoms with Crippen LogP contribution in [0.3, 0.4) is 0 Å². The van der Waals surface area contributed by atoms with E-state index in [9.17, 15) is 9.59 Å². The molecule has 0 aromatic rings. The Morgan fingerprint density at radius 1 is 1.00 bits per heavy atom. The van der Waals surface area contributed by atoms with E-state index in [0.29, 0.717) is 0 Å². The first-order valence-electron chi connectivity index (χ1n) is 4.02. The number of carbonyl (C=O) groups is 2. The van der Waals surface area contributed by atoms with E-state index in [1.807, 2.05) is 0 Å². The van der Waals surface area contributed by atoms with Crippen molar-refractivity contribution in [2.75, 3.05) is 10.7 Å². The summed E-state index contributed by atoms with van der Waals surface area (Å²) in [6.07, 6.45) is -0.883. The molecule has 0 aromatic heterocycles. The van der Waals surface area contributed by atoms with E-state index >= 15 is 0 Å². The van der Waals surface area contributed by atoms with Crippen LogP contribution in [0.25, 0.3) is 0 Å². The second-order valence-corrected chi connectivity index (χ2v) is 3.78. The van der Waals surface area contributed by atoms with Crippen molar-refractivity contribution in [1.82, 2.24) is 0 Å². The van der Waals surface area contributed by atoms with Gasteiger partial charge in [0.2, 0.25) is 0 Å². The minimum absolute atomic E-state index is 0.135. The molecule has 0 spiro atoms. The van der Waals surface area contributed by atoms with Gasteiger partial charge in [0.1, 0.15) is 22.9 Å². The number of esters is 2. The Morgan fingerprint density at radius 3 is 1.50 bits per heavy atom. The van der Waals surface area contributed by atoms with Gasteiger partial charge < -0.3 is 9.47 Å². The van der Waals surface area contributed by atoms with Crippen LogP contribution in [0, 0.1) is 0 Å². The van der Waals surface area contributed by atoms with E-state index in [-0.39, 0.29) is 22.6 Å². The van der Waals surface area contributed by atoms with Crippen molar-refractivity contribution in [2.24, 2.45) is 0 Å². The summed E-state index contributed by atoms with van der Waals surface area (Å²) in [5.74, 6) is -0.751. The minimum atomic E-state index is -0.442. The fourth-order valence-corrected chi connectivity index (χ4v) is 0.934. The average molecular weight is 332 g/mol. The molecule has 0 bridgehead atoms. The van der Waals surface area contributed by atoms with Gasteiger partial charge in [-0.3, -0.25) is 9.59 Å². The zero-order valence-corrected chi connectivity index (χ0v) is 11.1. The topological polar surface area (TPSA) is 52.6 Å². The van der Waals surface area contributed by atoms with Gasteiger partial charge in [0, 0.05) is 0 Å². The molecule has 14 heavy (non-hydrogen) atoms. The maximum Gasteiger partial charge on any atom is 0.316 e. The minimum Gasteiger partial charge on any atom is -0.458 e. The lowest BCUT2D eigenvalue weighted by Crippen LogP contribution is -2.31. The molecule has 0 amide bonds. The zero-order chi connectivity index (χ0) is 11.1. The quantitative estimate of drug-likeness (QED) is 0.567. The van der Waals surface area contributed by atoms with Gasteiger partial charge in [-0.15, -0.1) is 0 Å². The van der Waals surface area contributed by atoms with Gasteiger partial charge in [-0.25, -0.2) is 0 Å². The number of hydrogen-bond acceptors (Lipinski definition) is 4. The van der Waals surface area contributed by atoms with Crippen LogP contribution in [-0.4, -0.2) is 34.8 Å². The third kappa shape index (κ3) is 5.59. The van der Waals surface area contributed by atoms with Crippen LogP contribution in [0.15, 0.2) is 0 Å². The van der Waals surface area contributed by atoms with Crippen LogP contribution in [0.1, 0.15) is 13.8 Å². The Kier molecular flexibility index (Phi) is 7.17. The molecule has 0 unspecified atom stereocenters. The predicted octanol–water partition coefficient (Wildman–Crippen LogP) is 1.64. The fraction of sp³-hybridized carbons (Fsp3) is 0.750. The lowest BCUT2D eigenvalue weighted by Gasteiger charge is -2.19. The summed E-state index contributed by atoms with van der Waals surface area (Å²) in [6.45, 7) is 3.35. The summed E-state index contributed by atoms with van der Waals surface area (Å²) in [6, 6.07) is 0. The van der Waals surface area contributed by atoms with Crippen molar-refractivity contribution in [2.45, 2.75) is 26.1 Å². The molecule has 0 aliphatic rings. The highest BCUT2D eigenvalue weighted by Gasteiger charge is 2.19. The third-order valence-corrected chi connectivity index (χ3v) is 2.43. The van der Waals surface area contributed by atoms with Crippen molar-refractivity contribution in [3.05, 3.63) is 0 Å². The van der Waals surface area contributed by atoms with Gasteiger partial charge >= 0.3 is 11.9 Å². The summed E-state index contributed by atoms with van der Waals surface area (Å²) in [4.78, 5) is 21.7. The van der Waals surface area contributed by atoms with E-state index < -0.39 is 12.2 Å². The molecule has 0 heterocycles. The van der Waals surface area contributed by atoms with Gasteiger partial charge in [0.15, 0.2) is 0 Å². The second kappa shape index (κ2) is 7.23. The molecule has 0 aliphatic carbocycles. The monoisotopic (exact) mass is 330 g/mol.